The molecule has 1 aliphatic rings. The number of nitrogens with zero attached hydrogens (tertiary/aromatic N) is 2. The van der Waals surface area contributed by atoms with Crippen molar-refractivity contribution in [3.63, 3.8) is 0 Å². The Morgan fingerprint density at radius 2 is 1.90 bits per heavy atom. The monoisotopic (exact) mass is 281 g/mol. The Morgan fingerprint density at radius 1 is 1.19 bits per heavy atom. The van der Waals surface area contributed by atoms with Crippen LogP contribution in [0.25, 0.3) is 0 Å². The van der Waals surface area contributed by atoms with Crippen LogP contribution in [0, 0.1) is 6.92 Å². The molecule has 0 radical (unpaired) electrons. The van der Waals surface area contributed by atoms with E-state index in [4.69, 9.17) is 5.73 Å². The molecule has 1 aromatic heterocycles. The number of aromatic nitrogens is 2. The zero-order valence-electron chi connectivity index (χ0n) is 12.4. The highest BCUT2D eigenvalue weighted by Gasteiger charge is 2.30. The van der Waals surface area contributed by atoms with Gasteiger partial charge in [0.25, 0.3) is 0 Å². The third-order valence-electron chi connectivity index (χ3n) is 4.11. The normalized spacial score (nSPS) is 17.6. The maximum absolute atomic E-state index is 12.5. The molecule has 0 fully saturated rings. The first-order valence-electron chi connectivity index (χ1n) is 7.33. The molecule has 2 aromatic rings. The largest absolute Gasteiger partial charge is 0.368 e. The number of aryl methyl sites for hydroxylation is 2. The summed E-state index contributed by atoms with van der Waals surface area (Å²) >= 11 is 0. The number of hydrogen-bond acceptors (Lipinski definition) is 4. The van der Waals surface area contributed by atoms with Crippen LogP contribution in [0.5, 0.6) is 0 Å². The highest BCUT2D eigenvalue weighted by atomic mass is 16.1. The fourth-order valence-corrected chi connectivity index (χ4v) is 3.01. The van der Waals surface area contributed by atoms with Gasteiger partial charge in [0.1, 0.15) is 0 Å². The number of anilines is 1. The van der Waals surface area contributed by atoms with Crippen LogP contribution in [0.1, 0.15) is 52.1 Å². The molecule has 0 bridgehead atoms. The van der Waals surface area contributed by atoms with E-state index in [9.17, 15) is 4.79 Å². The molecule has 2 N–H and O–H groups in total. The van der Waals surface area contributed by atoms with Crippen molar-refractivity contribution < 1.29 is 4.79 Å². The Labute approximate surface area is 124 Å². The quantitative estimate of drug-likeness (QED) is 0.919. The standard InChI is InChI=1S/C17H19N3O/c1-3-13-16-14(20-17(18)19-13)8-12(9-15(16)21)11-6-4-10(2)5-7-11/h4-7,12H,3,8-9H2,1-2H3,(H2,18,19,20). The molecule has 0 aliphatic heterocycles. The number of ketones is 1. The fourth-order valence-electron chi connectivity index (χ4n) is 3.01. The molecular weight excluding hydrogens is 262 g/mol. The zero-order valence-corrected chi connectivity index (χ0v) is 12.4. The third-order valence-corrected chi connectivity index (χ3v) is 4.11. The van der Waals surface area contributed by atoms with Crippen LogP contribution in [-0.4, -0.2) is 15.8 Å². The van der Waals surface area contributed by atoms with Gasteiger partial charge in [-0.1, -0.05) is 36.8 Å². The van der Waals surface area contributed by atoms with Crippen molar-refractivity contribution in [1.29, 1.82) is 0 Å². The Kier molecular flexibility index (Phi) is 3.45. The lowest BCUT2D eigenvalue weighted by Gasteiger charge is -2.24. The molecule has 0 saturated carbocycles. The third kappa shape index (κ3) is 2.53. The smallest absolute Gasteiger partial charge is 0.220 e. The van der Waals surface area contributed by atoms with Crippen LogP contribution < -0.4 is 5.73 Å². The van der Waals surface area contributed by atoms with E-state index in [1.54, 1.807) is 0 Å². The van der Waals surface area contributed by atoms with E-state index in [0.29, 0.717) is 18.4 Å². The molecule has 0 amide bonds. The van der Waals surface area contributed by atoms with E-state index in [1.165, 1.54) is 11.1 Å². The molecule has 1 aromatic carbocycles. The first-order valence-corrected chi connectivity index (χ1v) is 7.33. The molecule has 1 heterocycles. The van der Waals surface area contributed by atoms with E-state index in [0.717, 1.165) is 17.8 Å². The number of nitrogens with two attached hydrogens (primary N) is 1. The fraction of sp³-hybridized carbons (Fsp3) is 0.353. The van der Waals surface area contributed by atoms with Gasteiger partial charge < -0.3 is 5.73 Å². The number of nitrogen functional groups attached to an aromatic ring is 1. The number of hydrogen-bond donors (Lipinski definition) is 1. The summed E-state index contributed by atoms with van der Waals surface area (Å²) in [4.78, 5) is 21.0. The molecule has 108 valence electrons. The van der Waals surface area contributed by atoms with Gasteiger partial charge in [-0.25, -0.2) is 9.97 Å². The van der Waals surface area contributed by atoms with Crippen LogP contribution in [-0.2, 0) is 12.8 Å². The number of benzene rings is 1. The van der Waals surface area contributed by atoms with Crippen LogP contribution >= 0.6 is 0 Å². The summed E-state index contributed by atoms with van der Waals surface area (Å²) in [5.74, 6) is 0.589. The van der Waals surface area contributed by atoms with Crippen molar-refractivity contribution in [2.45, 2.75) is 39.0 Å². The number of Topliss-reactive ketones (excluding diaryl/α,β-unsaturated/α-hetero) is 1. The van der Waals surface area contributed by atoms with E-state index in [-0.39, 0.29) is 17.6 Å². The highest BCUT2D eigenvalue weighted by molar-refractivity contribution is 5.99. The molecule has 1 aliphatic carbocycles. The Hall–Kier alpha value is -2.23. The van der Waals surface area contributed by atoms with E-state index >= 15 is 0 Å². The summed E-state index contributed by atoms with van der Waals surface area (Å²) in [6, 6.07) is 8.37. The van der Waals surface area contributed by atoms with Crippen LogP contribution in [0.4, 0.5) is 5.95 Å². The minimum Gasteiger partial charge on any atom is -0.368 e. The Bertz CT molecular complexity index is 692. The summed E-state index contributed by atoms with van der Waals surface area (Å²) in [6.07, 6.45) is 1.98. The van der Waals surface area contributed by atoms with Gasteiger partial charge in [-0.15, -0.1) is 0 Å². The minimum atomic E-state index is 0.138. The van der Waals surface area contributed by atoms with Crippen molar-refractivity contribution in [2.75, 3.05) is 5.73 Å². The first kappa shape index (κ1) is 13.7. The Morgan fingerprint density at radius 3 is 2.57 bits per heavy atom. The van der Waals surface area contributed by atoms with Crippen molar-refractivity contribution in [3.05, 3.63) is 52.3 Å². The van der Waals surface area contributed by atoms with Crippen molar-refractivity contribution in [2.24, 2.45) is 0 Å². The summed E-state index contributed by atoms with van der Waals surface area (Å²) in [6.45, 7) is 4.05. The molecule has 1 atom stereocenters. The van der Waals surface area contributed by atoms with Crippen LogP contribution in [0.3, 0.4) is 0 Å². The van der Waals surface area contributed by atoms with E-state index in [2.05, 4.69) is 41.2 Å². The maximum atomic E-state index is 12.5. The minimum absolute atomic E-state index is 0.138. The van der Waals surface area contributed by atoms with Gasteiger partial charge in [-0.2, -0.15) is 0 Å². The SMILES string of the molecule is CCc1nc(N)nc2c1C(=O)CC(c1ccc(C)cc1)C2. The molecule has 0 spiro atoms. The number of rotatable bonds is 2. The van der Waals surface area contributed by atoms with Crippen molar-refractivity contribution in [3.8, 4) is 0 Å². The average molecular weight is 281 g/mol. The van der Waals surface area contributed by atoms with E-state index in [1.807, 2.05) is 6.92 Å². The summed E-state index contributed by atoms with van der Waals surface area (Å²) in [5.41, 5.74) is 10.5. The molecule has 0 saturated heterocycles. The second kappa shape index (κ2) is 5.28. The lowest BCUT2D eigenvalue weighted by Crippen LogP contribution is -2.23. The molecule has 1 unspecified atom stereocenters. The maximum Gasteiger partial charge on any atom is 0.220 e. The predicted molar refractivity (Wildman–Crippen MR) is 82.4 cm³/mol. The summed E-state index contributed by atoms with van der Waals surface area (Å²) in [7, 11) is 0. The number of carbonyl (C=O) groups is 1. The molecule has 3 rings (SSSR count). The van der Waals surface area contributed by atoms with Crippen molar-refractivity contribution >= 4 is 11.7 Å². The lowest BCUT2D eigenvalue weighted by atomic mass is 9.81. The lowest BCUT2D eigenvalue weighted by molar-refractivity contribution is 0.0961. The van der Waals surface area contributed by atoms with Crippen LogP contribution in [0.2, 0.25) is 0 Å². The van der Waals surface area contributed by atoms with Gasteiger partial charge in [-0.3, -0.25) is 4.79 Å². The van der Waals surface area contributed by atoms with Gasteiger partial charge in [0, 0.05) is 6.42 Å². The first-order chi connectivity index (χ1) is 10.1. The summed E-state index contributed by atoms with van der Waals surface area (Å²) < 4.78 is 0. The number of carbonyl (C=O) groups excluding carboxylic acids is 1. The zero-order chi connectivity index (χ0) is 15.0. The second-order valence-corrected chi connectivity index (χ2v) is 5.64. The predicted octanol–water partition coefficient (Wildman–Crippen LogP) is 2.84. The van der Waals surface area contributed by atoms with Gasteiger partial charge >= 0.3 is 0 Å². The van der Waals surface area contributed by atoms with Gasteiger partial charge in [0.2, 0.25) is 5.95 Å². The molecular formula is C17H19N3O. The molecule has 4 nitrogen and oxygen atoms in total. The van der Waals surface area contributed by atoms with Gasteiger partial charge in [0.05, 0.1) is 17.0 Å². The molecule has 4 heteroatoms. The topological polar surface area (TPSA) is 68.9 Å². The van der Waals surface area contributed by atoms with E-state index < -0.39 is 0 Å². The van der Waals surface area contributed by atoms with Crippen LogP contribution in [0.15, 0.2) is 24.3 Å². The van der Waals surface area contributed by atoms with Gasteiger partial charge in [0.15, 0.2) is 5.78 Å². The van der Waals surface area contributed by atoms with Gasteiger partial charge in [-0.05, 0) is 31.2 Å². The highest BCUT2D eigenvalue weighted by Crippen LogP contribution is 2.33. The number of fused-ring (bicyclic) bond motifs is 1. The molecule has 21 heavy (non-hydrogen) atoms. The summed E-state index contributed by atoms with van der Waals surface area (Å²) in [5, 5.41) is 0. The average Bonchev–Trinajstić information content (AvgIpc) is 2.46. The van der Waals surface area contributed by atoms with Crippen molar-refractivity contribution in [1.82, 2.24) is 9.97 Å². The Balaban J connectivity index is 2.00. The second-order valence-electron chi connectivity index (χ2n) is 5.64.